The molecule has 0 radical (unpaired) electrons. The first kappa shape index (κ1) is 30.2. The highest BCUT2D eigenvalue weighted by atomic mass is 16.2. The van der Waals surface area contributed by atoms with Crippen LogP contribution in [0.4, 0.5) is 0 Å². The number of carbonyl (C=O) groups is 2. The number of amides is 2. The first-order valence-electron chi connectivity index (χ1n) is 10.5. The summed E-state index contributed by atoms with van der Waals surface area (Å²) in [6.07, 6.45) is 21.3. The summed E-state index contributed by atoms with van der Waals surface area (Å²) in [4.78, 5) is 21.3. The molecule has 0 saturated heterocycles. The van der Waals surface area contributed by atoms with Crippen LogP contribution in [0.3, 0.4) is 0 Å². The molecule has 0 aromatic rings. The van der Waals surface area contributed by atoms with Crippen molar-refractivity contribution >= 4 is 11.8 Å². The van der Waals surface area contributed by atoms with Gasteiger partial charge in [0.25, 0.3) is 0 Å². The van der Waals surface area contributed by atoms with Gasteiger partial charge >= 0.3 is 0 Å². The minimum Gasteiger partial charge on any atom is -0.359 e. The second-order valence-electron chi connectivity index (χ2n) is 6.34. The third kappa shape index (κ3) is 32.6. The average Bonchev–Trinajstić information content (AvgIpc) is 2.71. The van der Waals surface area contributed by atoms with E-state index in [2.05, 4.69) is 29.2 Å². The third-order valence-corrected chi connectivity index (χ3v) is 4.06. The van der Waals surface area contributed by atoms with Gasteiger partial charge in [0.1, 0.15) is 0 Å². The molecule has 4 N–H and O–H groups in total. The van der Waals surface area contributed by atoms with Crippen LogP contribution >= 0.6 is 0 Å². The summed E-state index contributed by atoms with van der Waals surface area (Å²) in [5.41, 5.74) is 4.50. The van der Waals surface area contributed by atoms with E-state index in [0.717, 1.165) is 6.42 Å². The van der Waals surface area contributed by atoms with Gasteiger partial charge in [0.15, 0.2) is 0 Å². The van der Waals surface area contributed by atoms with Gasteiger partial charge in [-0.25, -0.2) is 0 Å². The smallest absolute Gasteiger partial charge is 0.220 e. The Morgan fingerprint density at radius 1 is 0.741 bits per heavy atom. The predicted octanol–water partition coefficient (Wildman–Crippen LogP) is 4.15. The summed E-state index contributed by atoms with van der Waals surface area (Å²) < 4.78 is 0. The largest absolute Gasteiger partial charge is 0.359 e. The van der Waals surface area contributed by atoms with Crippen LogP contribution in [-0.4, -0.2) is 33.0 Å². The van der Waals surface area contributed by atoms with Gasteiger partial charge in [-0.05, 0) is 13.5 Å². The number of carbonyl (C=O) groups excluding carboxylic acids is 2. The minimum absolute atomic E-state index is 0.00273. The molecule has 0 aliphatic heterocycles. The molecule has 0 unspecified atom stereocenters. The molecule has 5 heteroatoms. The van der Waals surface area contributed by atoms with E-state index in [1.165, 1.54) is 71.3 Å². The lowest BCUT2D eigenvalue weighted by molar-refractivity contribution is -0.121. The van der Waals surface area contributed by atoms with Crippen LogP contribution in [0.2, 0.25) is 0 Å². The highest BCUT2D eigenvalue weighted by Crippen LogP contribution is 2.11. The number of unbranched alkanes of at least 4 members (excludes halogenated alkanes) is 10. The van der Waals surface area contributed by atoms with Crippen molar-refractivity contribution in [3.05, 3.63) is 0 Å². The third-order valence-electron chi connectivity index (χ3n) is 4.06. The van der Waals surface area contributed by atoms with Crippen LogP contribution < -0.4 is 16.4 Å². The van der Waals surface area contributed by atoms with Crippen molar-refractivity contribution in [1.29, 1.82) is 0 Å². The minimum atomic E-state index is 0.00273. The molecule has 0 spiro atoms. The van der Waals surface area contributed by atoms with Gasteiger partial charge in [0.2, 0.25) is 11.8 Å². The van der Waals surface area contributed by atoms with Gasteiger partial charge in [-0.1, -0.05) is 71.1 Å². The molecule has 0 bridgehead atoms. The molecular weight excluding hydrogens is 338 g/mol. The lowest BCUT2D eigenvalue weighted by atomic mass is 10.1. The van der Waals surface area contributed by atoms with E-state index in [-0.39, 0.29) is 11.8 Å². The van der Waals surface area contributed by atoms with Crippen molar-refractivity contribution in [2.45, 2.75) is 96.8 Å². The molecule has 0 saturated carbocycles. The first-order chi connectivity index (χ1) is 13.1. The Morgan fingerprint density at radius 2 is 1.11 bits per heavy atom. The van der Waals surface area contributed by atoms with Gasteiger partial charge in [-0.2, -0.15) is 0 Å². The maximum Gasteiger partial charge on any atom is 0.220 e. The number of hydrogen-bond donors (Lipinski definition) is 3. The Labute approximate surface area is 168 Å². The fourth-order valence-electron chi connectivity index (χ4n) is 2.39. The van der Waals surface area contributed by atoms with Crippen molar-refractivity contribution in [2.24, 2.45) is 5.73 Å². The van der Waals surface area contributed by atoms with E-state index in [0.29, 0.717) is 19.3 Å². The van der Waals surface area contributed by atoms with Crippen molar-refractivity contribution in [1.82, 2.24) is 10.6 Å². The van der Waals surface area contributed by atoms with Gasteiger partial charge in [-0.15, -0.1) is 12.3 Å². The summed E-state index contributed by atoms with van der Waals surface area (Å²) in [6.45, 7) is 2.26. The fraction of sp³-hybridized carbons (Fsp3) is 0.818. The number of terminal acetylenes is 1. The van der Waals surface area contributed by atoms with Crippen molar-refractivity contribution < 1.29 is 9.59 Å². The van der Waals surface area contributed by atoms with E-state index in [1.807, 2.05) is 0 Å². The molecule has 0 fully saturated rings. The molecular formula is C22H45N3O2. The highest BCUT2D eigenvalue weighted by molar-refractivity contribution is 5.75. The molecule has 0 rings (SSSR count). The maximum absolute atomic E-state index is 11.0. The van der Waals surface area contributed by atoms with Crippen LogP contribution in [-0.2, 0) is 9.59 Å². The molecule has 160 valence electrons. The molecule has 2 amide bonds. The van der Waals surface area contributed by atoms with Gasteiger partial charge in [0.05, 0.1) is 0 Å². The zero-order chi connectivity index (χ0) is 21.2. The second kappa shape index (κ2) is 29.2. The van der Waals surface area contributed by atoms with Gasteiger partial charge in [0, 0.05) is 33.4 Å². The van der Waals surface area contributed by atoms with Crippen LogP contribution in [0.25, 0.3) is 0 Å². The molecule has 0 atom stereocenters. The maximum atomic E-state index is 11.0. The summed E-state index contributed by atoms with van der Waals surface area (Å²) in [6, 6.07) is 0. The van der Waals surface area contributed by atoms with Crippen molar-refractivity contribution in [3.63, 3.8) is 0 Å². The monoisotopic (exact) mass is 383 g/mol. The standard InChI is InChI=1S/C15H31NO.C6H9NO.CH5N/c1-3-4-5-6-7-8-9-10-11-12-13-14-15(17)16-2;1-3-4-5-6(8)7-2;1-2/h3-14H2,1-2H3,(H,16,17);1H,4-5H2,2H3,(H,7,8);2H2,1H3. The SMILES string of the molecule is C#CCCC(=O)NC.CCCCCCCCCCCCCC(=O)NC.CN. The van der Waals surface area contributed by atoms with Crippen LogP contribution in [0.15, 0.2) is 0 Å². The van der Waals surface area contributed by atoms with E-state index < -0.39 is 0 Å². The van der Waals surface area contributed by atoms with E-state index >= 15 is 0 Å². The number of nitrogens with two attached hydrogens (primary N) is 1. The first-order valence-corrected chi connectivity index (χ1v) is 10.5. The molecule has 0 aliphatic carbocycles. The average molecular weight is 384 g/mol. The zero-order valence-electron chi connectivity index (χ0n) is 18.4. The second-order valence-corrected chi connectivity index (χ2v) is 6.34. The van der Waals surface area contributed by atoms with Crippen molar-refractivity contribution in [2.75, 3.05) is 21.1 Å². The Hall–Kier alpha value is -1.54. The zero-order valence-corrected chi connectivity index (χ0v) is 18.4. The lowest BCUT2D eigenvalue weighted by Gasteiger charge is -2.02. The quantitative estimate of drug-likeness (QED) is 0.311. The van der Waals surface area contributed by atoms with Gasteiger partial charge < -0.3 is 16.4 Å². The number of hydrogen-bond acceptors (Lipinski definition) is 3. The molecule has 5 nitrogen and oxygen atoms in total. The Morgan fingerprint density at radius 3 is 1.48 bits per heavy atom. The normalized spacial score (nSPS) is 9.04. The van der Waals surface area contributed by atoms with E-state index in [4.69, 9.17) is 6.42 Å². The Bertz CT molecular complexity index is 352. The van der Waals surface area contributed by atoms with E-state index in [9.17, 15) is 9.59 Å². The Balaban J connectivity index is -0.000000482. The summed E-state index contributed by atoms with van der Waals surface area (Å²) >= 11 is 0. The molecule has 0 aliphatic rings. The molecule has 0 aromatic heterocycles. The summed E-state index contributed by atoms with van der Waals surface area (Å²) in [5, 5.41) is 5.13. The predicted molar refractivity (Wildman–Crippen MR) is 117 cm³/mol. The summed E-state index contributed by atoms with van der Waals surface area (Å²) in [5.74, 6) is 2.56. The summed E-state index contributed by atoms with van der Waals surface area (Å²) in [7, 11) is 4.81. The van der Waals surface area contributed by atoms with E-state index in [1.54, 1.807) is 14.1 Å². The molecule has 0 heterocycles. The number of nitrogens with one attached hydrogen (secondary N) is 2. The number of rotatable bonds is 14. The van der Waals surface area contributed by atoms with Crippen molar-refractivity contribution in [3.8, 4) is 12.3 Å². The highest BCUT2D eigenvalue weighted by Gasteiger charge is 1.97. The molecule has 27 heavy (non-hydrogen) atoms. The fourth-order valence-corrected chi connectivity index (χ4v) is 2.39. The van der Waals surface area contributed by atoms with Crippen LogP contribution in [0.1, 0.15) is 96.8 Å². The topological polar surface area (TPSA) is 84.2 Å². The Kier molecular flexibility index (Phi) is 32.7. The van der Waals surface area contributed by atoms with Crippen LogP contribution in [0.5, 0.6) is 0 Å². The van der Waals surface area contributed by atoms with Crippen LogP contribution in [0, 0.1) is 12.3 Å². The van der Waals surface area contributed by atoms with Gasteiger partial charge in [-0.3, -0.25) is 9.59 Å². The lowest BCUT2D eigenvalue weighted by Crippen LogP contribution is -2.16. The molecule has 0 aromatic carbocycles.